The number of halogens is 1. The van der Waals surface area contributed by atoms with E-state index in [-0.39, 0.29) is 36.5 Å². The Labute approximate surface area is 167 Å². The molecular weight excluding hydrogens is 425 g/mol. The van der Waals surface area contributed by atoms with Crippen molar-refractivity contribution < 1.29 is 5.11 Å². The number of aryl methyl sites for hydroxylation is 1. The second-order valence-electron chi connectivity index (χ2n) is 5.72. The van der Waals surface area contributed by atoms with Crippen LogP contribution < -0.4 is 10.6 Å². The summed E-state index contributed by atoms with van der Waals surface area (Å²) in [6.45, 7) is 3.64. The summed E-state index contributed by atoms with van der Waals surface area (Å²) in [6, 6.07) is 18.5. The SMILES string of the molecule is CCc1ccccc1CNC(=NC)NCC(CO)c1ccccc1.I. The van der Waals surface area contributed by atoms with E-state index in [1.54, 1.807) is 7.05 Å². The van der Waals surface area contributed by atoms with E-state index >= 15 is 0 Å². The van der Waals surface area contributed by atoms with Crippen LogP contribution in [0.5, 0.6) is 0 Å². The van der Waals surface area contributed by atoms with Crippen LogP contribution >= 0.6 is 24.0 Å². The van der Waals surface area contributed by atoms with Gasteiger partial charge in [0.05, 0.1) is 6.61 Å². The average molecular weight is 453 g/mol. The summed E-state index contributed by atoms with van der Waals surface area (Å²) in [5.74, 6) is 0.794. The molecule has 0 amide bonds. The van der Waals surface area contributed by atoms with E-state index in [2.05, 4.69) is 46.8 Å². The summed E-state index contributed by atoms with van der Waals surface area (Å²) in [7, 11) is 1.76. The van der Waals surface area contributed by atoms with Gasteiger partial charge in [0.15, 0.2) is 5.96 Å². The molecule has 25 heavy (non-hydrogen) atoms. The number of aliphatic hydroxyl groups excluding tert-OH is 1. The lowest BCUT2D eigenvalue weighted by molar-refractivity contribution is 0.265. The number of aliphatic hydroxyl groups is 1. The number of nitrogens with one attached hydrogen (secondary N) is 2. The Morgan fingerprint density at radius 2 is 1.64 bits per heavy atom. The number of aliphatic imine (C=N–C) groups is 1. The Morgan fingerprint density at radius 1 is 1.00 bits per heavy atom. The van der Waals surface area contributed by atoms with Gasteiger partial charge in [0.2, 0.25) is 0 Å². The van der Waals surface area contributed by atoms with Crippen LogP contribution in [0.1, 0.15) is 29.5 Å². The fourth-order valence-electron chi connectivity index (χ4n) is 2.71. The monoisotopic (exact) mass is 453 g/mol. The molecule has 1 atom stereocenters. The van der Waals surface area contributed by atoms with Crippen molar-refractivity contribution in [2.24, 2.45) is 4.99 Å². The predicted octanol–water partition coefficient (Wildman–Crippen LogP) is 3.31. The second kappa shape index (κ2) is 11.9. The minimum Gasteiger partial charge on any atom is -0.396 e. The van der Waals surface area contributed by atoms with Crippen LogP contribution in [0.3, 0.4) is 0 Å². The molecule has 0 aliphatic carbocycles. The van der Waals surface area contributed by atoms with Crippen LogP contribution in [0.25, 0.3) is 0 Å². The maximum atomic E-state index is 9.64. The number of nitrogens with zero attached hydrogens (tertiary/aromatic N) is 1. The van der Waals surface area contributed by atoms with Crippen molar-refractivity contribution in [1.82, 2.24) is 10.6 Å². The third kappa shape index (κ3) is 6.66. The first-order valence-corrected chi connectivity index (χ1v) is 8.45. The molecule has 3 N–H and O–H groups in total. The largest absolute Gasteiger partial charge is 0.396 e. The van der Waals surface area contributed by atoms with Crippen molar-refractivity contribution in [2.45, 2.75) is 25.8 Å². The normalized spacial score (nSPS) is 12.2. The average Bonchev–Trinajstić information content (AvgIpc) is 2.65. The molecule has 136 valence electrons. The number of hydrogen-bond acceptors (Lipinski definition) is 2. The van der Waals surface area contributed by atoms with Crippen molar-refractivity contribution in [2.75, 3.05) is 20.2 Å². The van der Waals surface area contributed by atoms with Crippen molar-refractivity contribution in [3.8, 4) is 0 Å². The third-order valence-electron chi connectivity index (χ3n) is 4.18. The van der Waals surface area contributed by atoms with Gasteiger partial charge < -0.3 is 15.7 Å². The van der Waals surface area contributed by atoms with Crippen molar-refractivity contribution in [3.63, 3.8) is 0 Å². The van der Waals surface area contributed by atoms with E-state index in [0.717, 1.165) is 24.5 Å². The summed E-state index contributed by atoms with van der Waals surface area (Å²) < 4.78 is 0. The van der Waals surface area contributed by atoms with E-state index in [4.69, 9.17) is 0 Å². The van der Waals surface area contributed by atoms with Gasteiger partial charge in [-0.3, -0.25) is 4.99 Å². The minimum atomic E-state index is 0. The van der Waals surface area contributed by atoms with E-state index in [1.807, 2.05) is 30.3 Å². The van der Waals surface area contributed by atoms with Crippen LogP contribution in [0, 0.1) is 0 Å². The van der Waals surface area contributed by atoms with Gasteiger partial charge in [0.1, 0.15) is 0 Å². The molecule has 0 saturated carbocycles. The number of benzene rings is 2. The molecule has 2 aromatic carbocycles. The first-order valence-electron chi connectivity index (χ1n) is 8.45. The zero-order chi connectivity index (χ0) is 17.2. The number of rotatable bonds is 7. The Bertz CT molecular complexity index is 646. The first kappa shape index (κ1) is 21.4. The Hall–Kier alpha value is -1.60. The van der Waals surface area contributed by atoms with Gasteiger partial charge in [-0.25, -0.2) is 0 Å². The maximum Gasteiger partial charge on any atom is 0.191 e. The lowest BCUT2D eigenvalue weighted by Crippen LogP contribution is -2.39. The highest BCUT2D eigenvalue weighted by Gasteiger charge is 2.11. The van der Waals surface area contributed by atoms with Crippen LogP contribution in [0.15, 0.2) is 59.6 Å². The molecule has 0 saturated heterocycles. The van der Waals surface area contributed by atoms with E-state index in [0.29, 0.717) is 6.54 Å². The van der Waals surface area contributed by atoms with Gasteiger partial charge in [-0.1, -0.05) is 61.5 Å². The van der Waals surface area contributed by atoms with Gasteiger partial charge >= 0.3 is 0 Å². The van der Waals surface area contributed by atoms with Gasteiger partial charge in [-0.15, -0.1) is 24.0 Å². The molecule has 0 spiro atoms. The molecule has 0 aromatic heterocycles. The molecule has 0 heterocycles. The molecule has 4 nitrogen and oxygen atoms in total. The summed E-state index contributed by atoms with van der Waals surface area (Å²) in [6.07, 6.45) is 1.02. The predicted molar refractivity (Wildman–Crippen MR) is 116 cm³/mol. The van der Waals surface area contributed by atoms with Crippen molar-refractivity contribution in [3.05, 3.63) is 71.3 Å². The Morgan fingerprint density at radius 3 is 2.24 bits per heavy atom. The number of guanidine groups is 1. The van der Waals surface area contributed by atoms with Crippen molar-refractivity contribution >= 4 is 29.9 Å². The van der Waals surface area contributed by atoms with Gasteiger partial charge in [-0.2, -0.15) is 0 Å². The van der Waals surface area contributed by atoms with Crippen LogP contribution in [-0.2, 0) is 13.0 Å². The topological polar surface area (TPSA) is 56.7 Å². The van der Waals surface area contributed by atoms with Gasteiger partial charge in [0, 0.05) is 26.1 Å². The molecule has 0 bridgehead atoms. The number of hydrogen-bond donors (Lipinski definition) is 3. The van der Waals surface area contributed by atoms with E-state index in [1.165, 1.54) is 11.1 Å². The lowest BCUT2D eigenvalue weighted by Gasteiger charge is -2.18. The Kier molecular flexibility index (Phi) is 10.2. The highest BCUT2D eigenvalue weighted by atomic mass is 127. The van der Waals surface area contributed by atoms with Gasteiger partial charge in [-0.05, 0) is 23.1 Å². The van der Waals surface area contributed by atoms with Crippen molar-refractivity contribution in [1.29, 1.82) is 0 Å². The zero-order valence-electron chi connectivity index (χ0n) is 14.9. The highest BCUT2D eigenvalue weighted by Crippen LogP contribution is 2.13. The van der Waals surface area contributed by atoms with E-state index in [9.17, 15) is 5.11 Å². The van der Waals surface area contributed by atoms with Crippen LogP contribution in [0.2, 0.25) is 0 Å². The highest BCUT2D eigenvalue weighted by molar-refractivity contribution is 14.0. The van der Waals surface area contributed by atoms with E-state index < -0.39 is 0 Å². The quantitative estimate of drug-likeness (QED) is 0.343. The zero-order valence-corrected chi connectivity index (χ0v) is 17.2. The molecule has 2 rings (SSSR count). The fourth-order valence-corrected chi connectivity index (χ4v) is 2.71. The van der Waals surface area contributed by atoms with Crippen LogP contribution in [-0.4, -0.2) is 31.3 Å². The summed E-state index contributed by atoms with van der Waals surface area (Å²) in [5.41, 5.74) is 3.75. The smallest absolute Gasteiger partial charge is 0.191 e. The maximum absolute atomic E-state index is 9.64. The molecule has 1 unspecified atom stereocenters. The Balaban J connectivity index is 0.00000312. The molecule has 0 radical (unpaired) electrons. The fraction of sp³-hybridized carbons (Fsp3) is 0.350. The molecule has 5 heteroatoms. The summed E-state index contributed by atoms with van der Waals surface area (Å²) in [4.78, 5) is 4.27. The molecular formula is C20H28IN3O. The lowest BCUT2D eigenvalue weighted by atomic mass is 10.0. The summed E-state index contributed by atoms with van der Waals surface area (Å²) in [5, 5.41) is 16.3. The van der Waals surface area contributed by atoms with Gasteiger partial charge in [0.25, 0.3) is 0 Å². The first-order chi connectivity index (χ1) is 11.8. The molecule has 0 aliphatic heterocycles. The summed E-state index contributed by atoms with van der Waals surface area (Å²) >= 11 is 0. The third-order valence-corrected chi connectivity index (χ3v) is 4.18. The molecule has 0 aliphatic rings. The molecule has 0 fully saturated rings. The second-order valence-corrected chi connectivity index (χ2v) is 5.72. The standard InChI is InChI=1S/C20H27N3O.HI/c1-3-16-9-7-8-12-18(16)13-22-20(21-2)23-14-19(15-24)17-10-5-4-6-11-17;/h4-12,19,24H,3,13-15H2,1-2H3,(H2,21,22,23);1H. The van der Waals surface area contributed by atoms with Crippen LogP contribution in [0.4, 0.5) is 0 Å². The minimum absolute atomic E-state index is 0. The molecule has 2 aromatic rings.